The molecule has 0 spiro atoms. The number of hydrogen-bond donors (Lipinski definition) is 1. The molecule has 0 radical (unpaired) electrons. The molecule has 2 aromatic heterocycles. The monoisotopic (exact) mass is 306 g/mol. The van der Waals surface area contributed by atoms with Crippen molar-refractivity contribution in [2.45, 2.75) is 39.2 Å². The van der Waals surface area contributed by atoms with E-state index in [1.54, 1.807) is 10.9 Å². The van der Waals surface area contributed by atoms with E-state index in [4.69, 9.17) is 11.6 Å². The van der Waals surface area contributed by atoms with Gasteiger partial charge in [-0.15, -0.1) is 0 Å². The van der Waals surface area contributed by atoms with E-state index in [1.807, 2.05) is 26.2 Å². The van der Waals surface area contributed by atoms with Crippen LogP contribution in [0, 0.1) is 6.92 Å². The molecule has 0 fully saturated rings. The highest BCUT2D eigenvalue weighted by molar-refractivity contribution is 6.30. The van der Waals surface area contributed by atoms with Crippen LogP contribution in [-0.2, 0) is 19.9 Å². The lowest BCUT2D eigenvalue weighted by molar-refractivity contribution is 0.503. The van der Waals surface area contributed by atoms with Crippen LogP contribution in [-0.4, -0.2) is 27.4 Å². The smallest absolute Gasteiger partial charge is 0.130 e. The summed E-state index contributed by atoms with van der Waals surface area (Å²) in [7, 11) is 1.88. The lowest BCUT2D eigenvalue weighted by Gasteiger charge is -2.18. The van der Waals surface area contributed by atoms with Crippen molar-refractivity contribution in [3.05, 3.63) is 46.5 Å². The van der Waals surface area contributed by atoms with Crippen LogP contribution in [0.4, 0.5) is 0 Å². The SMILES string of the molecule is CCCNC(Cc1cccnc1)Cc1c(C)nn(C)c1Cl. The second kappa shape index (κ2) is 7.57. The van der Waals surface area contributed by atoms with E-state index in [2.05, 4.69) is 28.4 Å². The molecule has 1 N–H and O–H groups in total. The van der Waals surface area contributed by atoms with E-state index < -0.39 is 0 Å². The van der Waals surface area contributed by atoms with Gasteiger partial charge >= 0.3 is 0 Å². The van der Waals surface area contributed by atoms with Gasteiger partial charge in [0.2, 0.25) is 0 Å². The summed E-state index contributed by atoms with van der Waals surface area (Å²) in [6.45, 7) is 5.19. The number of rotatable bonds is 7. The highest BCUT2D eigenvalue weighted by Crippen LogP contribution is 2.21. The Kier molecular flexibility index (Phi) is 5.76. The average Bonchev–Trinajstić information content (AvgIpc) is 2.72. The highest BCUT2D eigenvalue weighted by atomic mass is 35.5. The van der Waals surface area contributed by atoms with Crippen LogP contribution in [0.1, 0.15) is 30.2 Å². The van der Waals surface area contributed by atoms with Gasteiger partial charge in [0.05, 0.1) is 5.69 Å². The lowest BCUT2D eigenvalue weighted by Crippen LogP contribution is -2.34. The molecule has 0 aliphatic carbocycles. The molecular weight excluding hydrogens is 284 g/mol. The van der Waals surface area contributed by atoms with Gasteiger partial charge in [-0.1, -0.05) is 24.6 Å². The van der Waals surface area contributed by atoms with Gasteiger partial charge < -0.3 is 5.32 Å². The fourth-order valence-corrected chi connectivity index (χ4v) is 2.77. The molecule has 2 heterocycles. The Morgan fingerprint density at radius 3 is 2.76 bits per heavy atom. The molecule has 1 unspecified atom stereocenters. The number of pyridine rings is 1. The zero-order valence-corrected chi connectivity index (χ0v) is 13.7. The predicted octanol–water partition coefficient (Wildman–Crippen LogP) is 2.93. The Balaban J connectivity index is 2.12. The van der Waals surface area contributed by atoms with Crippen LogP contribution in [0.3, 0.4) is 0 Å². The van der Waals surface area contributed by atoms with Crippen LogP contribution in [0.25, 0.3) is 0 Å². The number of hydrogen-bond acceptors (Lipinski definition) is 3. The third-order valence-electron chi connectivity index (χ3n) is 3.61. The first kappa shape index (κ1) is 16.0. The third kappa shape index (κ3) is 4.29. The van der Waals surface area contributed by atoms with Gasteiger partial charge in [0.1, 0.15) is 5.15 Å². The zero-order chi connectivity index (χ0) is 15.2. The minimum atomic E-state index is 0.342. The number of aromatic nitrogens is 3. The Hall–Kier alpha value is -1.39. The summed E-state index contributed by atoms with van der Waals surface area (Å²) in [5, 5.41) is 8.74. The predicted molar refractivity (Wildman–Crippen MR) is 86.7 cm³/mol. The molecule has 2 rings (SSSR count). The number of nitrogens with zero attached hydrogens (tertiary/aromatic N) is 3. The summed E-state index contributed by atoms with van der Waals surface area (Å²) in [5.74, 6) is 0. The molecule has 5 heteroatoms. The van der Waals surface area contributed by atoms with E-state index in [0.29, 0.717) is 6.04 Å². The van der Waals surface area contributed by atoms with Gasteiger partial charge in [-0.05, 0) is 44.4 Å². The van der Waals surface area contributed by atoms with Crippen molar-refractivity contribution in [1.29, 1.82) is 0 Å². The molecule has 0 aromatic carbocycles. The first-order chi connectivity index (χ1) is 10.1. The normalized spacial score (nSPS) is 12.6. The maximum Gasteiger partial charge on any atom is 0.130 e. The van der Waals surface area contributed by atoms with Crippen molar-refractivity contribution in [3.8, 4) is 0 Å². The van der Waals surface area contributed by atoms with Crippen molar-refractivity contribution < 1.29 is 0 Å². The average molecular weight is 307 g/mol. The topological polar surface area (TPSA) is 42.7 Å². The summed E-state index contributed by atoms with van der Waals surface area (Å²) < 4.78 is 1.74. The van der Waals surface area contributed by atoms with Crippen LogP contribution < -0.4 is 5.32 Å². The van der Waals surface area contributed by atoms with Crippen LogP contribution in [0.5, 0.6) is 0 Å². The Labute approximate surface area is 131 Å². The molecular formula is C16H23ClN4. The first-order valence-electron chi connectivity index (χ1n) is 7.42. The number of aryl methyl sites for hydroxylation is 2. The molecule has 2 aromatic rings. The van der Waals surface area contributed by atoms with Crippen molar-refractivity contribution in [2.75, 3.05) is 6.54 Å². The molecule has 1 atom stereocenters. The second-order valence-electron chi connectivity index (χ2n) is 5.40. The molecule has 21 heavy (non-hydrogen) atoms. The summed E-state index contributed by atoms with van der Waals surface area (Å²) in [6, 6.07) is 4.44. The van der Waals surface area contributed by atoms with Gasteiger partial charge in [0.25, 0.3) is 0 Å². The summed E-state index contributed by atoms with van der Waals surface area (Å²) in [5.41, 5.74) is 3.39. The summed E-state index contributed by atoms with van der Waals surface area (Å²) >= 11 is 6.36. The molecule has 0 aliphatic rings. The molecule has 0 saturated heterocycles. The molecule has 4 nitrogen and oxygen atoms in total. The summed E-state index contributed by atoms with van der Waals surface area (Å²) in [4.78, 5) is 4.19. The fraction of sp³-hybridized carbons (Fsp3) is 0.500. The maximum atomic E-state index is 6.36. The van der Waals surface area contributed by atoms with Crippen molar-refractivity contribution >= 4 is 11.6 Å². The number of halogens is 1. The van der Waals surface area contributed by atoms with E-state index in [1.165, 1.54) is 5.56 Å². The Morgan fingerprint density at radius 1 is 1.38 bits per heavy atom. The molecule has 114 valence electrons. The fourth-order valence-electron chi connectivity index (χ4n) is 2.52. The maximum absolute atomic E-state index is 6.36. The Morgan fingerprint density at radius 2 is 2.19 bits per heavy atom. The quantitative estimate of drug-likeness (QED) is 0.855. The first-order valence-corrected chi connectivity index (χ1v) is 7.79. The van der Waals surface area contributed by atoms with Crippen molar-refractivity contribution in [3.63, 3.8) is 0 Å². The van der Waals surface area contributed by atoms with Gasteiger partial charge in [-0.3, -0.25) is 9.67 Å². The van der Waals surface area contributed by atoms with E-state index in [9.17, 15) is 0 Å². The molecule has 0 saturated carbocycles. The van der Waals surface area contributed by atoms with E-state index >= 15 is 0 Å². The largest absolute Gasteiger partial charge is 0.313 e. The minimum absolute atomic E-state index is 0.342. The second-order valence-corrected chi connectivity index (χ2v) is 5.76. The number of nitrogens with one attached hydrogen (secondary N) is 1. The van der Waals surface area contributed by atoms with E-state index in [0.717, 1.165) is 42.2 Å². The third-order valence-corrected chi connectivity index (χ3v) is 4.08. The van der Waals surface area contributed by atoms with E-state index in [-0.39, 0.29) is 0 Å². The lowest BCUT2D eigenvalue weighted by atomic mass is 10.00. The zero-order valence-electron chi connectivity index (χ0n) is 12.9. The standard InChI is InChI=1S/C16H23ClN4/c1-4-7-19-14(9-13-6-5-8-18-11-13)10-15-12(2)20-21(3)16(15)17/h5-6,8,11,14,19H,4,7,9-10H2,1-3H3. The van der Waals surface area contributed by atoms with Crippen LogP contribution >= 0.6 is 11.6 Å². The van der Waals surface area contributed by atoms with Gasteiger partial charge in [-0.25, -0.2) is 0 Å². The molecule has 0 bridgehead atoms. The van der Waals surface area contributed by atoms with Crippen molar-refractivity contribution in [1.82, 2.24) is 20.1 Å². The highest BCUT2D eigenvalue weighted by Gasteiger charge is 2.17. The minimum Gasteiger partial charge on any atom is -0.313 e. The van der Waals surface area contributed by atoms with Gasteiger partial charge in [0, 0.05) is 31.0 Å². The van der Waals surface area contributed by atoms with Crippen LogP contribution in [0.2, 0.25) is 5.15 Å². The van der Waals surface area contributed by atoms with Crippen molar-refractivity contribution in [2.24, 2.45) is 7.05 Å². The summed E-state index contributed by atoms with van der Waals surface area (Å²) in [6.07, 6.45) is 6.67. The van der Waals surface area contributed by atoms with Crippen LogP contribution in [0.15, 0.2) is 24.5 Å². The molecule has 0 aliphatic heterocycles. The Bertz CT molecular complexity index is 565. The van der Waals surface area contributed by atoms with Gasteiger partial charge in [0.15, 0.2) is 0 Å². The van der Waals surface area contributed by atoms with Gasteiger partial charge in [-0.2, -0.15) is 5.10 Å². The molecule has 0 amide bonds.